The Hall–Kier alpha value is -1.68. The van der Waals surface area contributed by atoms with Crippen LogP contribution in [0.2, 0.25) is 0 Å². The molecule has 20 heavy (non-hydrogen) atoms. The van der Waals surface area contributed by atoms with E-state index in [1.165, 1.54) is 18.5 Å². The topological polar surface area (TPSA) is 42.7 Å². The van der Waals surface area contributed by atoms with Crippen LogP contribution in [0, 0.1) is 0 Å². The summed E-state index contributed by atoms with van der Waals surface area (Å²) in [4.78, 5) is 4.59. The van der Waals surface area contributed by atoms with Crippen LogP contribution < -0.4 is 5.32 Å². The van der Waals surface area contributed by atoms with Crippen LogP contribution in [-0.2, 0) is 0 Å². The first kappa shape index (κ1) is 13.3. The van der Waals surface area contributed by atoms with Gasteiger partial charge < -0.3 is 5.32 Å². The Bertz CT molecular complexity index is 554. The molecule has 0 aliphatic heterocycles. The first-order valence-corrected chi connectivity index (χ1v) is 7.57. The van der Waals surface area contributed by atoms with E-state index >= 15 is 0 Å². The summed E-state index contributed by atoms with van der Waals surface area (Å²) in [5, 5.41) is 8.08. The minimum absolute atomic E-state index is 0.341. The molecule has 0 radical (unpaired) electrons. The average molecular weight is 270 g/mol. The first-order valence-electron chi connectivity index (χ1n) is 7.57. The molecule has 0 saturated heterocycles. The third-order valence-corrected chi connectivity index (χ3v) is 3.86. The summed E-state index contributed by atoms with van der Waals surface area (Å²) in [5.41, 5.74) is 3.35. The monoisotopic (exact) mass is 270 g/mol. The molecule has 1 saturated carbocycles. The minimum atomic E-state index is 0.341. The number of aromatic nitrogens is 3. The van der Waals surface area contributed by atoms with Crippen molar-refractivity contribution in [1.82, 2.24) is 20.1 Å². The molecule has 1 fully saturated rings. The maximum atomic E-state index is 4.63. The van der Waals surface area contributed by atoms with Crippen molar-refractivity contribution in [1.29, 1.82) is 0 Å². The molecule has 2 heterocycles. The lowest BCUT2D eigenvalue weighted by atomic mass is 10.1. The summed E-state index contributed by atoms with van der Waals surface area (Å²) < 4.78 is 1.93. The predicted molar refractivity (Wildman–Crippen MR) is 80.0 cm³/mol. The second-order valence-electron chi connectivity index (χ2n) is 5.42. The summed E-state index contributed by atoms with van der Waals surface area (Å²) in [7, 11) is 0. The summed E-state index contributed by atoms with van der Waals surface area (Å²) in [6.07, 6.45) is 7.57. The van der Waals surface area contributed by atoms with Crippen molar-refractivity contribution in [3.05, 3.63) is 42.0 Å². The van der Waals surface area contributed by atoms with E-state index in [2.05, 4.69) is 47.4 Å². The van der Waals surface area contributed by atoms with Crippen LogP contribution in [0.3, 0.4) is 0 Å². The fourth-order valence-corrected chi connectivity index (χ4v) is 2.52. The van der Waals surface area contributed by atoms with Crippen molar-refractivity contribution in [2.45, 2.75) is 45.1 Å². The molecule has 0 aromatic carbocycles. The molecule has 0 spiro atoms. The first-order chi connectivity index (χ1) is 9.81. The van der Waals surface area contributed by atoms with Gasteiger partial charge in [0.1, 0.15) is 0 Å². The van der Waals surface area contributed by atoms with Gasteiger partial charge in [-0.3, -0.25) is 4.98 Å². The van der Waals surface area contributed by atoms with E-state index in [1.807, 2.05) is 17.1 Å². The van der Waals surface area contributed by atoms with Crippen molar-refractivity contribution < 1.29 is 0 Å². The Labute approximate surface area is 120 Å². The lowest BCUT2D eigenvalue weighted by Crippen LogP contribution is -2.21. The summed E-state index contributed by atoms with van der Waals surface area (Å²) in [6, 6.07) is 6.67. The molecule has 1 N–H and O–H groups in total. The van der Waals surface area contributed by atoms with Gasteiger partial charge in [-0.15, -0.1) is 0 Å². The number of hydrogen-bond acceptors (Lipinski definition) is 3. The fourth-order valence-electron chi connectivity index (χ4n) is 2.52. The van der Waals surface area contributed by atoms with E-state index in [1.54, 1.807) is 0 Å². The van der Waals surface area contributed by atoms with E-state index < -0.39 is 0 Å². The summed E-state index contributed by atoms with van der Waals surface area (Å²) >= 11 is 0. The van der Waals surface area contributed by atoms with Crippen molar-refractivity contribution >= 4 is 0 Å². The smallest absolute Gasteiger partial charge is 0.0829 e. The molecule has 106 valence electrons. The van der Waals surface area contributed by atoms with E-state index in [0.717, 1.165) is 24.3 Å². The predicted octanol–water partition coefficient (Wildman–Crippen LogP) is 3.21. The van der Waals surface area contributed by atoms with Crippen LogP contribution in [0.5, 0.6) is 0 Å². The maximum absolute atomic E-state index is 4.63. The Morgan fingerprint density at radius 1 is 1.30 bits per heavy atom. The molecule has 3 rings (SSSR count). The van der Waals surface area contributed by atoms with Crippen LogP contribution >= 0.6 is 0 Å². The number of nitrogens with zero attached hydrogens (tertiary/aromatic N) is 3. The molecule has 0 bridgehead atoms. The highest BCUT2D eigenvalue weighted by atomic mass is 15.3. The molecular formula is C16H22N4. The lowest BCUT2D eigenvalue weighted by molar-refractivity contribution is 0.524. The Morgan fingerprint density at radius 3 is 2.75 bits per heavy atom. The van der Waals surface area contributed by atoms with Gasteiger partial charge in [0.25, 0.3) is 0 Å². The molecule has 0 amide bonds. The van der Waals surface area contributed by atoms with Gasteiger partial charge in [0, 0.05) is 18.2 Å². The zero-order valence-corrected chi connectivity index (χ0v) is 12.2. The van der Waals surface area contributed by atoms with Crippen LogP contribution in [-0.4, -0.2) is 21.3 Å². The molecule has 1 aliphatic carbocycles. The van der Waals surface area contributed by atoms with Gasteiger partial charge in [0.05, 0.1) is 23.3 Å². The largest absolute Gasteiger partial charge is 0.309 e. The molecule has 4 nitrogen and oxygen atoms in total. The normalized spacial score (nSPS) is 16.3. The summed E-state index contributed by atoms with van der Waals surface area (Å²) in [6.45, 7) is 5.27. The number of nitrogens with one attached hydrogen (secondary N) is 1. The second kappa shape index (κ2) is 5.75. The van der Waals surface area contributed by atoms with Gasteiger partial charge in [-0.05, 0) is 44.0 Å². The molecular weight excluding hydrogens is 248 g/mol. The van der Waals surface area contributed by atoms with E-state index in [4.69, 9.17) is 0 Å². The van der Waals surface area contributed by atoms with Gasteiger partial charge in [-0.1, -0.05) is 13.8 Å². The quantitative estimate of drug-likeness (QED) is 0.876. The second-order valence-corrected chi connectivity index (χ2v) is 5.42. The van der Waals surface area contributed by atoms with Crippen LogP contribution in [0.15, 0.2) is 30.6 Å². The lowest BCUT2D eigenvalue weighted by Gasteiger charge is -2.15. The van der Waals surface area contributed by atoms with Crippen LogP contribution in [0.25, 0.3) is 5.69 Å². The van der Waals surface area contributed by atoms with Gasteiger partial charge in [-0.25, -0.2) is 4.68 Å². The van der Waals surface area contributed by atoms with Crippen molar-refractivity contribution in [2.24, 2.45) is 0 Å². The molecule has 1 aliphatic rings. The van der Waals surface area contributed by atoms with E-state index in [-0.39, 0.29) is 0 Å². The number of rotatable bonds is 6. The maximum Gasteiger partial charge on any atom is 0.0829 e. The molecule has 4 heteroatoms. The van der Waals surface area contributed by atoms with Crippen LogP contribution in [0.1, 0.15) is 56.5 Å². The molecule has 2 aromatic heterocycles. The number of hydrogen-bond donors (Lipinski definition) is 1. The Balaban J connectivity index is 1.77. The fraction of sp³-hybridized carbons (Fsp3) is 0.500. The Kier molecular flexibility index (Phi) is 3.83. The Morgan fingerprint density at radius 2 is 2.15 bits per heavy atom. The zero-order chi connectivity index (χ0) is 13.9. The van der Waals surface area contributed by atoms with Crippen LogP contribution in [0.4, 0.5) is 0 Å². The SMILES string of the molecule is CCNC(CC)c1ccc(-n2ccc(C3CC3)n2)cn1. The standard InChI is InChI=1S/C16H22N4/c1-3-14(17-4-2)16-8-7-13(11-18-16)20-10-9-15(19-20)12-5-6-12/h7-12,14,17H,3-6H2,1-2H3. The highest BCUT2D eigenvalue weighted by Gasteiger charge is 2.25. The van der Waals surface area contributed by atoms with E-state index in [9.17, 15) is 0 Å². The van der Waals surface area contributed by atoms with Gasteiger partial charge in [0.2, 0.25) is 0 Å². The minimum Gasteiger partial charge on any atom is -0.309 e. The van der Waals surface area contributed by atoms with E-state index in [0.29, 0.717) is 12.0 Å². The van der Waals surface area contributed by atoms with Gasteiger partial charge >= 0.3 is 0 Å². The van der Waals surface area contributed by atoms with Crippen molar-refractivity contribution in [3.63, 3.8) is 0 Å². The van der Waals surface area contributed by atoms with Gasteiger partial charge in [0.15, 0.2) is 0 Å². The third-order valence-electron chi connectivity index (χ3n) is 3.86. The highest BCUT2D eigenvalue weighted by Crippen LogP contribution is 2.39. The average Bonchev–Trinajstić information content (AvgIpc) is 3.23. The molecule has 1 unspecified atom stereocenters. The zero-order valence-electron chi connectivity index (χ0n) is 12.2. The number of pyridine rings is 1. The highest BCUT2D eigenvalue weighted by molar-refractivity contribution is 5.30. The third kappa shape index (κ3) is 2.75. The van der Waals surface area contributed by atoms with Gasteiger partial charge in [-0.2, -0.15) is 5.10 Å². The molecule has 1 atom stereocenters. The molecule has 2 aromatic rings. The van der Waals surface area contributed by atoms with Crippen molar-refractivity contribution in [2.75, 3.05) is 6.54 Å². The van der Waals surface area contributed by atoms with Crippen molar-refractivity contribution in [3.8, 4) is 5.69 Å². The summed E-state index contributed by atoms with van der Waals surface area (Å²) in [5.74, 6) is 0.696.